The van der Waals surface area contributed by atoms with Crippen LogP contribution in [0.25, 0.3) is 0 Å². The lowest BCUT2D eigenvalue weighted by atomic mass is 10.1. The van der Waals surface area contributed by atoms with Gasteiger partial charge in [-0.2, -0.15) is 4.31 Å². The lowest BCUT2D eigenvalue weighted by Crippen LogP contribution is -2.46. The van der Waals surface area contributed by atoms with E-state index in [-0.39, 0.29) is 11.9 Å². The third-order valence-electron chi connectivity index (χ3n) is 5.56. The SMILES string of the molecule is COc1cccc(OC)c1C(=O)NC1CCN(S(=O)(=O)c2ccc(C)c(C)c2)CC1. The minimum Gasteiger partial charge on any atom is -0.496 e. The molecule has 0 saturated carbocycles. The maximum absolute atomic E-state index is 13.0. The molecule has 2 aromatic rings. The van der Waals surface area contributed by atoms with Gasteiger partial charge in [-0.15, -0.1) is 0 Å². The van der Waals surface area contributed by atoms with Crippen LogP contribution in [0.5, 0.6) is 11.5 Å². The zero-order valence-corrected chi connectivity index (χ0v) is 18.6. The molecule has 1 fully saturated rings. The predicted molar refractivity (Wildman–Crippen MR) is 115 cm³/mol. The molecule has 7 nitrogen and oxygen atoms in total. The van der Waals surface area contributed by atoms with Crippen molar-refractivity contribution in [2.24, 2.45) is 0 Å². The van der Waals surface area contributed by atoms with Gasteiger partial charge in [0, 0.05) is 19.1 Å². The molecule has 0 aromatic heterocycles. The summed E-state index contributed by atoms with van der Waals surface area (Å²) in [5, 5.41) is 2.99. The van der Waals surface area contributed by atoms with Crippen molar-refractivity contribution in [1.82, 2.24) is 9.62 Å². The third kappa shape index (κ3) is 4.44. The van der Waals surface area contributed by atoms with Crippen molar-refractivity contribution in [2.45, 2.75) is 37.6 Å². The van der Waals surface area contributed by atoms with Gasteiger partial charge >= 0.3 is 0 Å². The molecule has 8 heteroatoms. The fraction of sp³-hybridized carbons (Fsp3) is 0.409. The zero-order valence-electron chi connectivity index (χ0n) is 17.8. The van der Waals surface area contributed by atoms with Crippen LogP contribution >= 0.6 is 0 Å². The Hall–Kier alpha value is -2.58. The normalized spacial score (nSPS) is 15.6. The molecule has 1 heterocycles. The highest BCUT2D eigenvalue weighted by atomic mass is 32.2. The summed E-state index contributed by atoms with van der Waals surface area (Å²) in [7, 11) is -0.543. The lowest BCUT2D eigenvalue weighted by Gasteiger charge is -2.32. The van der Waals surface area contributed by atoms with Crippen molar-refractivity contribution in [1.29, 1.82) is 0 Å². The minimum absolute atomic E-state index is 0.127. The molecule has 3 rings (SSSR count). The van der Waals surface area contributed by atoms with Gasteiger partial charge in [-0.3, -0.25) is 4.79 Å². The van der Waals surface area contributed by atoms with Crippen LogP contribution in [0.1, 0.15) is 34.3 Å². The highest BCUT2D eigenvalue weighted by molar-refractivity contribution is 7.89. The summed E-state index contributed by atoms with van der Waals surface area (Å²) in [4.78, 5) is 13.2. The number of nitrogens with one attached hydrogen (secondary N) is 1. The van der Waals surface area contributed by atoms with E-state index in [0.29, 0.717) is 47.9 Å². The number of methoxy groups -OCH3 is 2. The largest absolute Gasteiger partial charge is 0.496 e. The Morgan fingerprint density at radius 2 is 1.60 bits per heavy atom. The van der Waals surface area contributed by atoms with Gasteiger partial charge in [0.05, 0.1) is 19.1 Å². The molecule has 0 atom stereocenters. The van der Waals surface area contributed by atoms with E-state index in [2.05, 4.69) is 5.32 Å². The van der Waals surface area contributed by atoms with Crippen molar-refractivity contribution in [3.8, 4) is 11.5 Å². The number of piperidine rings is 1. The molecule has 162 valence electrons. The second kappa shape index (κ2) is 9.06. The Balaban J connectivity index is 1.68. The molecule has 1 aliphatic heterocycles. The number of carbonyl (C=O) groups is 1. The number of ether oxygens (including phenoxy) is 2. The fourth-order valence-corrected chi connectivity index (χ4v) is 5.15. The van der Waals surface area contributed by atoms with Gasteiger partial charge in [0.2, 0.25) is 10.0 Å². The first-order chi connectivity index (χ1) is 14.3. The summed E-state index contributed by atoms with van der Waals surface area (Å²) in [5.74, 6) is 0.572. The van der Waals surface area contributed by atoms with Crippen molar-refractivity contribution in [3.63, 3.8) is 0 Å². The molecule has 1 amide bonds. The van der Waals surface area contributed by atoms with E-state index in [1.165, 1.54) is 18.5 Å². The second-order valence-electron chi connectivity index (χ2n) is 7.44. The molecule has 0 spiro atoms. The Morgan fingerprint density at radius 1 is 1.00 bits per heavy atom. The van der Waals surface area contributed by atoms with E-state index in [1.54, 1.807) is 30.3 Å². The standard InChI is InChI=1S/C22H28N2O5S/c1-15-8-9-18(14-16(15)2)30(26,27)24-12-10-17(11-13-24)23-22(25)21-19(28-3)6-5-7-20(21)29-4/h5-9,14,17H,10-13H2,1-4H3,(H,23,25). The first-order valence-electron chi connectivity index (χ1n) is 9.87. The topological polar surface area (TPSA) is 84.9 Å². The highest BCUT2D eigenvalue weighted by Crippen LogP contribution is 2.29. The summed E-state index contributed by atoms with van der Waals surface area (Å²) < 4.78 is 38.0. The summed E-state index contributed by atoms with van der Waals surface area (Å²) in [5.41, 5.74) is 2.35. The van der Waals surface area contributed by atoms with E-state index < -0.39 is 10.0 Å². The number of hydrogen-bond donors (Lipinski definition) is 1. The number of sulfonamides is 1. The average molecular weight is 433 g/mol. The van der Waals surface area contributed by atoms with Crippen LogP contribution in [-0.2, 0) is 10.0 Å². The quantitative estimate of drug-likeness (QED) is 0.759. The minimum atomic E-state index is -3.55. The molecule has 30 heavy (non-hydrogen) atoms. The number of aryl methyl sites for hydroxylation is 2. The van der Waals surface area contributed by atoms with Gasteiger partial charge in [0.25, 0.3) is 5.91 Å². The Bertz CT molecular complexity index is 1010. The van der Waals surface area contributed by atoms with Gasteiger partial charge in [0.15, 0.2) is 0 Å². The number of nitrogens with zero attached hydrogens (tertiary/aromatic N) is 1. The van der Waals surface area contributed by atoms with Crippen molar-refractivity contribution < 1.29 is 22.7 Å². The molecule has 0 radical (unpaired) electrons. The first-order valence-corrected chi connectivity index (χ1v) is 11.3. The summed E-state index contributed by atoms with van der Waals surface area (Å²) >= 11 is 0. The Morgan fingerprint density at radius 3 is 2.13 bits per heavy atom. The molecule has 0 bridgehead atoms. The fourth-order valence-electron chi connectivity index (χ4n) is 3.60. The van der Waals surface area contributed by atoms with Gasteiger partial charge in [-0.1, -0.05) is 12.1 Å². The molecule has 0 unspecified atom stereocenters. The average Bonchev–Trinajstić information content (AvgIpc) is 2.75. The number of rotatable bonds is 6. The molecule has 0 aliphatic carbocycles. The molecule has 1 saturated heterocycles. The Kier molecular flexibility index (Phi) is 6.67. The molecular formula is C22H28N2O5S. The van der Waals surface area contributed by atoms with Crippen molar-refractivity contribution >= 4 is 15.9 Å². The van der Waals surface area contributed by atoms with Crippen LogP contribution in [0.3, 0.4) is 0 Å². The third-order valence-corrected chi connectivity index (χ3v) is 7.45. The number of carbonyl (C=O) groups excluding carboxylic acids is 1. The van der Waals surface area contributed by atoms with E-state index in [1.807, 2.05) is 19.9 Å². The van der Waals surface area contributed by atoms with Crippen LogP contribution in [0.15, 0.2) is 41.3 Å². The number of amides is 1. The number of hydrogen-bond acceptors (Lipinski definition) is 5. The Labute approximate surface area is 178 Å². The predicted octanol–water partition coefficient (Wildman–Crippen LogP) is 2.90. The van der Waals surface area contributed by atoms with Gasteiger partial charge < -0.3 is 14.8 Å². The summed E-state index contributed by atoms with van der Waals surface area (Å²) in [6.45, 7) is 4.56. The van der Waals surface area contributed by atoms with Crippen LogP contribution in [0, 0.1) is 13.8 Å². The van der Waals surface area contributed by atoms with Gasteiger partial charge in [-0.25, -0.2) is 8.42 Å². The van der Waals surface area contributed by atoms with Crippen LogP contribution in [-0.4, -0.2) is 52.0 Å². The molecule has 1 N–H and O–H groups in total. The second-order valence-corrected chi connectivity index (χ2v) is 9.37. The van der Waals surface area contributed by atoms with E-state index in [9.17, 15) is 13.2 Å². The lowest BCUT2D eigenvalue weighted by molar-refractivity contribution is 0.0917. The highest BCUT2D eigenvalue weighted by Gasteiger charge is 2.31. The molecular weight excluding hydrogens is 404 g/mol. The zero-order chi connectivity index (χ0) is 21.9. The van der Waals surface area contributed by atoms with Crippen LogP contribution in [0.2, 0.25) is 0 Å². The van der Waals surface area contributed by atoms with E-state index in [4.69, 9.17) is 9.47 Å². The maximum atomic E-state index is 13.0. The number of benzene rings is 2. The molecule has 1 aliphatic rings. The van der Waals surface area contributed by atoms with E-state index >= 15 is 0 Å². The van der Waals surface area contributed by atoms with Crippen molar-refractivity contribution in [3.05, 3.63) is 53.1 Å². The summed E-state index contributed by atoms with van der Waals surface area (Å²) in [6, 6.07) is 10.2. The molecule has 2 aromatic carbocycles. The monoisotopic (exact) mass is 432 g/mol. The van der Waals surface area contributed by atoms with Crippen LogP contribution in [0.4, 0.5) is 0 Å². The van der Waals surface area contributed by atoms with Crippen molar-refractivity contribution in [2.75, 3.05) is 27.3 Å². The maximum Gasteiger partial charge on any atom is 0.259 e. The first kappa shape index (κ1) is 22.1. The summed E-state index contributed by atoms with van der Waals surface area (Å²) in [6.07, 6.45) is 1.07. The van der Waals surface area contributed by atoms with Crippen LogP contribution < -0.4 is 14.8 Å². The van der Waals surface area contributed by atoms with Gasteiger partial charge in [0.1, 0.15) is 17.1 Å². The van der Waals surface area contributed by atoms with E-state index in [0.717, 1.165) is 11.1 Å². The van der Waals surface area contributed by atoms with Gasteiger partial charge in [-0.05, 0) is 62.1 Å². The smallest absolute Gasteiger partial charge is 0.259 e.